The van der Waals surface area contributed by atoms with E-state index in [1.807, 2.05) is 40.2 Å². The maximum absolute atomic E-state index is 12.3. The normalized spacial score (nSPS) is 20.1. The lowest BCUT2D eigenvalue weighted by atomic mass is 9.97. The number of rotatable bonds is 3. The monoisotopic (exact) mass is 276 g/mol. The predicted octanol–water partition coefficient (Wildman–Crippen LogP) is 1.42. The van der Waals surface area contributed by atoms with Gasteiger partial charge in [0, 0.05) is 26.2 Å². The summed E-state index contributed by atoms with van der Waals surface area (Å²) in [5.74, 6) is 0.149. The number of nitrogens with zero attached hydrogens (tertiary/aromatic N) is 3. The van der Waals surface area contributed by atoms with E-state index in [4.69, 9.17) is 0 Å². The second kappa shape index (κ2) is 5.40. The number of nitrogens with one attached hydrogen (secondary N) is 1. The van der Waals surface area contributed by atoms with Crippen LogP contribution in [-0.2, 0) is 4.79 Å². The summed E-state index contributed by atoms with van der Waals surface area (Å²) in [6, 6.07) is 4.30. The third kappa shape index (κ3) is 2.50. The first-order chi connectivity index (χ1) is 9.37. The van der Waals surface area contributed by atoms with E-state index in [0.29, 0.717) is 0 Å². The Hall–Kier alpha value is -1.62. The van der Waals surface area contributed by atoms with Gasteiger partial charge in [0.1, 0.15) is 5.54 Å². The number of hydrogen-bond acceptors (Lipinski definition) is 4. The zero-order chi connectivity index (χ0) is 14.9. The first-order valence-electron chi connectivity index (χ1n) is 7.04. The molecule has 20 heavy (non-hydrogen) atoms. The lowest BCUT2D eigenvalue weighted by molar-refractivity contribution is -0.136. The van der Waals surface area contributed by atoms with Gasteiger partial charge in [-0.05, 0) is 40.0 Å². The van der Waals surface area contributed by atoms with Crippen molar-refractivity contribution in [2.45, 2.75) is 32.4 Å². The van der Waals surface area contributed by atoms with Crippen molar-refractivity contribution in [1.29, 1.82) is 0 Å². The lowest BCUT2D eigenvalue weighted by Gasteiger charge is -2.46. The molecule has 0 saturated carbocycles. The maximum Gasteiger partial charge on any atom is 0.247 e. The van der Waals surface area contributed by atoms with Gasteiger partial charge in [-0.2, -0.15) is 0 Å². The van der Waals surface area contributed by atoms with E-state index < -0.39 is 5.54 Å². The number of aromatic nitrogens is 1. The zero-order valence-electron chi connectivity index (χ0n) is 13.0. The highest BCUT2D eigenvalue weighted by Gasteiger charge is 2.40. The molecule has 0 bridgehead atoms. The van der Waals surface area contributed by atoms with Gasteiger partial charge < -0.3 is 15.1 Å². The summed E-state index contributed by atoms with van der Waals surface area (Å²) in [6.45, 7) is 7.59. The molecule has 1 aromatic heterocycles. The molecule has 1 atom stereocenters. The van der Waals surface area contributed by atoms with Crippen molar-refractivity contribution in [3.8, 4) is 0 Å². The quantitative estimate of drug-likeness (QED) is 0.907. The second-order valence-electron chi connectivity index (χ2n) is 5.89. The molecule has 1 aliphatic rings. The van der Waals surface area contributed by atoms with Crippen LogP contribution in [0.15, 0.2) is 18.3 Å². The molecule has 1 aliphatic heterocycles. The first kappa shape index (κ1) is 14.8. The molecular formula is C15H24N4O. The van der Waals surface area contributed by atoms with Gasteiger partial charge in [-0.1, -0.05) is 0 Å². The fourth-order valence-corrected chi connectivity index (χ4v) is 2.63. The number of carbonyl (C=O) groups excluding carboxylic acids is 1. The van der Waals surface area contributed by atoms with E-state index in [1.165, 1.54) is 0 Å². The molecule has 1 amide bonds. The number of hydrogen-bond donors (Lipinski definition) is 1. The topological polar surface area (TPSA) is 48.5 Å². The Morgan fingerprint density at radius 3 is 2.60 bits per heavy atom. The van der Waals surface area contributed by atoms with Gasteiger partial charge in [0.15, 0.2) is 0 Å². The highest BCUT2D eigenvalue weighted by atomic mass is 16.2. The third-order valence-electron chi connectivity index (χ3n) is 4.16. The van der Waals surface area contributed by atoms with E-state index in [-0.39, 0.29) is 11.9 Å². The average Bonchev–Trinajstić information content (AvgIpc) is 2.44. The summed E-state index contributed by atoms with van der Waals surface area (Å²) in [4.78, 5) is 20.7. The SMILES string of the molecule is CNC(C)c1ccc(N2CCN(C)C(=O)C2(C)C)cn1. The van der Waals surface area contributed by atoms with E-state index in [0.717, 1.165) is 24.5 Å². The van der Waals surface area contributed by atoms with Gasteiger partial charge in [0.25, 0.3) is 0 Å². The summed E-state index contributed by atoms with van der Waals surface area (Å²) in [5.41, 5.74) is 1.49. The van der Waals surface area contributed by atoms with Crippen LogP contribution in [0.4, 0.5) is 5.69 Å². The van der Waals surface area contributed by atoms with Gasteiger partial charge >= 0.3 is 0 Å². The van der Waals surface area contributed by atoms with Gasteiger partial charge in [0.05, 0.1) is 17.6 Å². The van der Waals surface area contributed by atoms with Crippen LogP contribution in [0, 0.1) is 0 Å². The second-order valence-corrected chi connectivity index (χ2v) is 5.89. The highest BCUT2D eigenvalue weighted by molar-refractivity contribution is 5.90. The van der Waals surface area contributed by atoms with Crippen LogP contribution in [0.1, 0.15) is 32.5 Å². The molecular weight excluding hydrogens is 252 g/mol. The molecule has 1 fully saturated rings. The van der Waals surface area contributed by atoms with E-state index in [1.54, 1.807) is 4.90 Å². The molecule has 5 heteroatoms. The van der Waals surface area contributed by atoms with E-state index in [2.05, 4.69) is 28.2 Å². The van der Waals surface area contributed by atoms with Crippen molar-refractivity contribution in [2.24, 2.45) is 0 Å². The number of likely N-dealkylation sites (N-methyl/N-ethyl adjacent to an activating group) is 1. The molecule has 1 saturated heterocycles. The molecule has 0 spiro atoms. The minimum absolute atomic E-state index is 0.149. The number of piperazine rings is 1. The smallest absolute Gasteiger partial charge is 0.247 e. The van der Waals surface area contributed by atoms with Crippen LogP contribution in [0.25, 0.3) is 0 Å². The maximum atomic E-state index is 12.3. The Kier molecular flexibility index (Phi) is 3.99. The van der Waals surface area contributed by atoms with Gasteiger partial charge in [-0.25, -0.2) is 0 Å². The number of anilines is 1. The van der Waals surface area contributed by atoms with Crippen LogP contribution in [0.2, 0.25) is 0 Å². The lowest BCUT2D eigenvalue weighted by Crippen LogP contribution is -2.62. The van der Waals surface area contributed by atoms with Crippen molar-refractivity contribution >= 4 is 11.6 Å². The Morgan fingerprint density at radius 2 is 2.05 bits per heavy atom. The van der Waals surface area contributed by atoms with Crippen molar-refractivity contribution in [2.75, 3.05) is 32.1 Å². The molecule has 0 radical (unpaired) electrons. The van der Waals surface area contributed by atoms with Crippen molar-refractivity contribution in [1.82, 2.24) is 15.2 Å². The molecule has 2 heterocycles. The Morgan fingerprint density at radius 1 is 1.35 bits per heavy atom. The van der Waals surface area contributed by atoms with Crippen molar-refractivity contribution < 1.29 is 4.79 Å². The number of amides is 1. The summed E-state index contributed by atoms with van der Waals surface area (Å²) >= 11 is 0. The summed E-state index contributed by atoms with van der Waals surface area (Å²) in [7, 11) is 3.78. The predicted molar refractivity (Wildman–Crippen MR) is 80.8 cm³/mol. The summed E-state index contributed by atoms with van der Waals surface area (Å²) < 4.78 is 0. The van der Waals surface area contributed by atoms with Gasteiger partial charge in [-0.15, -0.1) is 0 Å². The molecule has 1 N–H and O–H groups in total. The number of carbonyl (C=O) groups is 1. The molecule has 0 aromatic carbocycles. The molecule has 110 valence electrons. The van der Waals surface area contributed by atoms with Crippen LogP contribution in [-0.4, -0.2) is 48.5 Å². The van der Waals surface area contributed by atoms with Gasteiger partial charge in [0.2, 0.25) is 5.91 Å². The van der Waals surface area contributed by atoms with Crippen LogP contribution < -0.4 is 10.2 Å². The van der Waals surface area contributed by atoms with Crippen molar-refractivity contribution in [3.05, 3.63) is 24.0 Å². The fraction of sp³-hybridized carbons (Fsp3) is 0.600. The number of pyridine rings is 1. The Labute approximate surface area is 121 Å². The molecule has 0 aliphatic carbocycles. The Balaban J connectivity index is 2.25. The minimum Gasteiger partial charge on any atom is -0.354 e. The molecule has 5 nitrogen and oxygen atoms in total. The van der Waals surface area contributed by atoms with Crippen LogP contribution in [0.5, 0.6) is 0 Å². The third-order valence-corrected chi connectivity index (χ3v) is 4.16. The van der Waals surface area contributed by atoms with Gasteiger partial charge in [-0.3, -0.25) is 9.78 Å². The minimum atomic E-state index is -0.523. The molecule has 2 rings (SSSR count). The highest BCUT2D eigenvalue weighted by Crippen LogP contribution is 2.28. The summed E-state index contributed by atoms with van der Waals surface area (Å²) in [5, 5.41) is 3.17. The largest absolute Gasteiger partial charge is 0.354 e. The van der Waals surface area contributed by atoms with Crippen molar-refractivity contribution in [3.63, 3.8) is 0 Å². The molecule has 1 unspecified atom stereocenters. The first-order valence-corrected chi connectivity index (χ1v) is 7.04. The summed E-state index contributed by atoms with van der Waals surface area (Å²) in [6.07, 6.45) is 1.86. The zero-order valence-corrected chi connectivity index (χ0v) is 13.0. The Bertz CT molecular complexity index is 483. The van der Waals surface area contributed by atoms with E-state index in [9.17, 15) is 4.79 Å². The average molecular weight is 276 g/mol. The van der Waals surface area contributed by atoms with E-state index >= 15 is 0 Å². The van der Waals surface area contributed by atoms with Crippen LogP contribution >= 0.6 is 0 Å². The standard InChI is InChI=1S/C15H24N4O/c1-11(16-4)13-7-6-12(10-17-13)19-9-8-18(5)14(20)15(19,2)3/h6-7,10-11,16H,8-9H2,1-5H3. The fourth-order valence-electron chi connectivity index (χ4n) is 2.63. The molecule has 1 aromatic rings. The van der Waals surface area contributed by atoms with Crippen LogP contribution in [0.3, 0.4) is 0 Å².